The van der Waals surface area contributed by atoms with E-state index in [0.29, 0.717) is 6.04 Å². The molecule has 0 aliphatic carbocycles. The lowest BCUT2D eigenvalue weighted by atomic mass is 10.0. The molecule has 18 heavy (non-hydrogen) atoms. The quantitative estimate of drug-likeness (QED) is 0.758. The fourth-order valence-corrected chi connectivity index (χ4v) is 2.48. The normalized spacial score (nSPS) is 21.5. The second-order valence-corrected chi connectivity index (χ2v) is 6.41. The summed E-state index contributed by atoms with van der Waals surface area (Å²) in [6.45, 7) is 14.1. The summed E-state index contributed by atoms with van der Waals surface area (Å²) in [5, 5.41) is 3.63. The summed E-state index contributed by atoms with van der Waals surface area (Å²) < 4.78 is 5.83. The van der Waals surface area contributed by atoms with Gasteiger partial charge < -0.3 is 10.1 Å². The lowest BCUT2D eigenvalue weighted by Gasteiger charge is -2.31. The fourth-order valence-electron chi connectivity index (χ4n) is 2.48. The van der Waals surface area contributed by atoms with Crippen LogP contribution in [0.15, 0.2) is 0 Å². The van der Waals surface area contributed by atoms with E-state index in [9.17, 15) is 0 Å². The number of hydrogen-bond acceptors (Lipinski definition) is 3. The Labute approximate surface area is 113 Å². The lowest BCUT2D eigenvalue weighted by molar-refractivity contribution is -0.0140. The van der Waals surface area contributed by atoms with Crippen LogP contribution in [0.25, 0.3) is 0 Å². The van der Waals surface area contributed by atoms with Crippen LogP contribution < -0.4 is 5.32 Å². The summed E-state index contributed by atoms with van der Waals surface area (Å²) in [6.07, 6.45) is 5.29. The predicted octanol–water partition coefficient (Wildman–Crippen LogP) is 2.66. The van der Waals surface area contributed by atoms with Crippen LogP contribution >= 0.6 is 0 Å². The third-order valence-corrected chi connectivity index (χ3v) is 3.37. The van der Waals surface area contributed by atoms with Gasteiger partial charge in [-0.25, -0.2) is 0 Å². The Morgan fingerprint density at radius 2 is 2.00 bits per heavy atom. The zero-order valence-electron chi connectivity index (χ0n) is 12.8. The molecule has 1 aliphatic rings. The van der Waals surface area contributed by atoms with Gasteiger partial charge in [0, 0.05) is 19.1 Å². The molecule has 0 bridgehead atoms. The average Bonchev–Trinajstić information content (AvgIpc) is 2.29. The molecule has 1 fully saturated rings. The van der Waals surface area contributed by atoms with Gasteiger partial charge >= 0.3 is 0 Å². The van der Waals surface area contributed by atoms with Gasteiger partial charge in [0.2, 0.25) is 0 Å². The highest BCUT2D eigenvalue weighted by atomic mass is 16.5. The summed E-state index contributed by atoms with van der Waals surface area (Å²) >= 11 is 0. The molecule has 0 amide bonds. The van der Waals surface area contributed by atoms with Crippen molar-refractivity contribution < 1.29 is 4.74 Å². The van der Waals surface area contributed by atoms with Crippen LogP contribution in [0.1, 0.15) is 53.4 Å². The molecule has 0 radical (unpaired) electrons. The van der Waals surface area contributed by atoms with Crippen LogP contribution in [0.3, 0.4) is 0 Å². The van der Waals surface area contributed by atoms with Crippen LogP contribution in [0, 0.1) is 0 Å². The topological polar surface area (TPSA) is 24.5 Å². The van der Waals surface area contributed by atoms with Gasteiger partial charge in [0.15, 0.2) is 0 Å². The van der Waals surface area contributed by atoms with Gasteiger partial charge in [-0.3, -0.25) is 4.90 Å². The zero-order valence-corrected chi connectivity index (χ0v) is 12.8. The Morgan fingerprint density at radius 1 is 1.22 bits per heavy atom. The van der Waals surface area contributed by atoms with Crippen molar-refractivity contribution >= 4 is 0 Å². The molecule has 0 spiro atoms. The minimum absolute atomic E-state index is 0.0129. The van der Waals surface area contributed by atoms with Crippen molar-refractivity contribution in [2.75, 3.05) is 32.8 Å². The van der Waals surface area contributed by atoms with Crippen LogP contribution in [-0.2, 0) is 4.74 Å². The minimum Gasteiger partial charge on any atom is -0.375 e. The molecule has 0 aromatic carbocycles. The number of ether oxygens (including phenoxy) is 1. The highest BCUT2D eigenvalue weighted by Crippen LogP contribution is 2.10. The monoisotopic (exact) mass is 256 g/mol. The third kappa shape index (κ3) is 7.34. The fraction of sp³-hybridized carbons (Fsp3) is 1.00. The molecule has 1 rings (SSSR count). The molecule has 1 heterocycles. The van der Waals surface area contributed by atoms with Crippen molar-refractivity contribution in [3.05, 3.63) is 0 Å². The second-order valence-electron chi connectivity index (χ2n) is 6.41. The number of piperidine rings is 1. The number of rotatable bonds is 7. The van der Waals surface area contributed by atoms with Crippen molar-refractivity contribution in [1.29, 1.82) is 0 Å². The molecule has 1 unspecified atom stereocenters. The molecule has 0 aromatic heterocycles. The summed E-state index contributed by atoms with van der Waals surface area (Å²) in [7, 11) is 0. The van der Waals surface area contributed by atoms with Crippen molar-refractivity contribution in [2.45, 2.75) is 65.0 Å². The van der Waals surface area contributed by atoms with Crippen molar-refractivity contribution in [3.8, 4) is 0 Å². The van der Waals surface area contributed by atoms with Crippen LogP contribution in [0.5, 0.6) is 0 Å². The first kappa shape index (κ1) is 15.9. The Morgan fingerprint density at radius 3 is 2.56 bits per heavy atom. The van der Waals surface area contributed by atoms with Crippen LogP contribution in [0.4, 0.5) is 0 Å². The molecular weight excluding hydrogens is 224 g/mol. The Bertz CT molecular complexity index is 207. The first-order valence-electron chi connectivity index (χ1n) is 7.61. The lowest BCUT2D eigenvalue weighted by Crippen LogP contribution is -2.45. The maximum absolute atomic E-state index is 5.83. The largest absolute Gasteiger partial charge is 0.375 e. The molecule has 1 atom stereocenters. The zero-order chi connectivity index (χ0) is 13.4. The van der Waals surface area contributed by atoms with Crippen LogP contribution in [0.2, 0.25) is 0 Å². The first-order chi connectivity index (χ1) is 8.51. The van der Waals surface area contributed by atoms with E-state index >= 15 is 0 Å². The van der Waals surface area contributed by atoms with E-state index in [2.05, 4.69) is 37.9 Å². The van der Waals surface area contributed by atoms with Gasteiger partial charge in [0.25, 0.3) is 0 Å². The van der Waals surface area contributed by atoms with E-state index in [1.807, 2.05) is 0 Å². The number of hydrogen-bond donors (Lipinski definition) is 1. The van der Waals surface area contributed by atoms with Crippen molar-refractivity contribution in [2.24, 2.45) is 0 Å². The molecule has 3 nitrogen and oxygen atoms in total. The Balaban J connectivity index is 2.25. The third-order valence-electron chi connectivity index (χ3n) is 3.37. The molecule has 0 saturated carbocycles. The van der Waals surface area contributed by atoms with Crippen molar-refractivity contribution in [3.63, 3.8) is 0 Å². The maximum Gasteiger partial charge on any atom is 0.0600 e. The van der Waals surface area contributed by atoms with Crippen LogP contribution in [-0.4, -0.2) is 49.3 Å². The smallest absolute Gasteiger partial charge is 0.0600 e. The van der Waals surface area contributed by atoms with Gasteiger partial charge in [-0.2, -0.15) is 0 Å². The van der Waals surface area contributed by atoms with E-state index < -0.39 is 0 Å². The predicted molar refractivity (Wildman–Crippen MR) is 78.1 cm³/mol. The van der Waals surface area contributed by atoms with Crippen molar-refractivity contribution in [1.82, 2.24) is 10.2 Å². The average molecular weight is 256 g/mol. The highest BCUT2D eigenvalue weighted by molar-refractivity contribution is 4.76. The molecule has 108 valence electrons. The summed E-state index contributed by atoms with van der Waals surface area (Å²) in [4.78, 5) is 2.55. The SMILES string of the molecule is CCCN(CCOC(C)(C)C)CC1CCCCN1. The first-order valence-corrected chi connectivity index (χ1v) is 7.61. The molecule has 0 aromatic rings. The van der Waals surface area contributed by atoms with E-state index in [4.69, 9.17) is 4.74 Å². The molecule has 1 N–H and O–H groups in total. The van der Waals surface area contributed by atoms with Gasteiger partial charge in [0.1, 0.15) is 0 Å². The summed E-state index contributed by atoms with van der Waals surface area (Å²) in [5.74, 6) is 0. The van der Waals surface area contributed by atoms with E-state index in [1.54, 1.807) is 0 Å². The standard InChI is InChI=1S/C15H32N2O/c1-5-10-17(11-12-18-15(2,3)4)13-14-8-6-7-9-16-14/h14,16H,5-13H2,1-4H3. The van der Waals surface area contributed by atoms with Gasteiger partial charge in [-0.15, -0.1) is 0 Å². The van der Waals surface area contributed by atoms with E-state index in [-0.39, 0.29) is 5.60 Å². The molecular formula is C15H32N2O. The number of nitrogens with one attached hydrogen (secondary N) is 1. The second kappa shape index (κ2) is 8.13. The Hall–Kier alpha value is -0.120. The van der Waals surface area contributed by atoms with E-state index in [1.165, 1.54) is 45.3 Å². The summed E-state index contributed by atoms with van der Waals surface area (Å²) in [5.41, 5.74) is -0.0129. The van der Waals surface area contributed by atoms with E-state index in [0.717, 1.165) is 13.2 Å². The number of nitrogens with zero attached hydrogens (tertiary/aromatic N) is 1. The van der Waals surface area contributed by atoms with Gasteiger partial charge in [0.05, 0.1) is 12.2 Å². The Kier molecular flexibility index (Phi) is 7.20. The molecule has 1 saturated heterocycles. The minimum atomic E-state index is -0.0129. The maximum atomic E-state index is 5.83. The summed E-state index contributed by atoms with van der Waals surface area (Å²) in [6, 6.07) is 0.694. The van der Waals surface area contributed by atoms with Gasteiger partial charge in [-0.1, -0.05) is 13.3 Å². The van der Waals surface area contributed by atoms with Gasteiger partial charge in [-0.05, 0) is 53.1 Å². The molecule has 1 aliphatic heterocycles. The highest BCUT2D eigenvalue weighted by Gasteiger charge is 2.17. The molecule has 3 heteroatoms.